The normalized spacial score (nSPS) is 32.3. The molecule has 0 bridgehead atoms. The zero-order valence-electron chi connectivity index (χ0n) is 14.0. The molecule has 21 heavy (non-hydrogen) atoms. The van der Waals surface area contributed by atoms with Crippen LogP contribution in [-0.4, -0.2) is 34.4 Å². The summed E-state index contributed by atoms with van der Waals surface area (Å²) >= 11 is 0. The van der Waals surface area contributed by atoms with E-state index in [4.69, 9.17) is 4.74 Å². The molecule has 0 aromatic rings. The first-order chi connectivity index (χ1) is 9.86. The Morgan fingerprint density at radius 1 is 1.29 bits per heavy atom. The number of nitro groups is 1. The molecule has 0 spiro atoms. The van der Waals surface area contributed by atoms with Gasteiger partial charge in [0.05, 0.1) is 24.2 Å². The van der Waals surface area contributed by atoms with Crippen molar-refractivity contribution in [1.29, 1.82) is 0 Å². The molecule has 124 valence electrons. The number of aliphatic hydroxyl groups excluding tert-OH is 1. The standard InChI is InChI=1S/C16H31NO4/c1-6-12(7-2)21-14-11(5)13(17(19)20)10-16(8-3,9-4)15(14)18/h11-15,18H,6-10H2,1-5H3/t11-,13-,14+,15-/m1/s1. The predicted molar refractivity (Wildman–Crippen MR) is 82.8 cm³/mol. The van der Waals surface area contributed by atoms with E-state index < -0.39 is 23.7 Å². The van der Waals surface area contributed by atoms with Gasteiger partial charge in [0.2, 0.25) is 6.04 Å². The van der Waals surface area contributed by atoms with Gasteiger partial charge in [0.15, 0.2) is 0 Å². The van der Waals surface area contributed by atoms with E-state index in [1.807, 2.05) is 34.6 Å². The Balaban J connectivity index is 3.08. The van der Waals surface area contributed by atoms with Crippen LogP contribution in [0.4, 0.5) is 0 Å². The first kappa shape index (κ1) is 18.4. The smallest absolute Gasteiger partial charge is 0.218 e. The van der Waals surface area contributed by atoms with Crippen LogP contribution in [0.5, 0.6) is 0 Å². The Hall–Kier alpha value is -0.680. The van der Waals surface area contributed by atoms with E-state index >= 15 is 0 Å². The highest BCUT2D eigenvalue weighted by molar-refractivity contribution is 5.00. The van der Waals surface area contributed by atoms with E-state index in [-0.39, 0.29) is 16.9 Å². The molecule has 0 heterocycles. The van der Waals surface area contributed by atoms with Gasteiger partial charge in [-0.1, -0.05) is 34.6 Å². The van der Waals surface area contributed by atoms with Gasteiger partial charge < -0.3 is 9.84 Å². The third-order valence-electron chi connectivity index (χ3n) is 5.62. The van der Waals surface area contributed by atoms with Crippen molar-refractivity contribution >= 4 is 0 Å². The summed E-state index contributed by atoms with van der Waals surface area (Å²) in [6.45, 7) is 9.96. The molecular weight excluding hydrogens is 270 g/mol. The van der Waals surface area contributed by atoms with E-state index in [1.54, 1.807) is 0 Å². The molecule has 1 aliphatic rings. The molecule has 0 amide bonds. The largest absolute Gasteiger partial charge is 0.390 e. The summed E-state index contributed by atoms with van der Waals surface area (Å²) in [5.41, 5.74) is -0.402. The maximum atomic E-state index is 11.4. The van der Waals surface area contributed by atoms with E-state index in [0.717, 1.165) is 25.7 Å². The minimum Gasteiger partial charge on any atom is -0.390 e. The van der Waals surface area contributed by atoms with Crippen LogP contribution in [0, 0.1) is 21.4 Å². The van der Waals surface area contributed by atoms with Crippen molar-refractivity contribution in [2.24, 2.45) is 11.3 Å². The van der Waals surface area contributed by atoms with Crippen LogP contribution in [-0.2, 0) is 4.74 Å². The van der Waals surface area contributed by atoms with Crippen LogP contribution in [0.15, 0.2) is 0 Å². The lowest BCUT2D eigenvalue weighted by molar-refractivity contribution is -0.545. The van der Waals surface area contributed by atoms with Crippen LogP contribution >= 0.6 is 0 Å². The molecule has 1 fully saturated rings. The molecule has 0 saturated heterocycles. The monoisotopic (exact) mass is 301 g/mol. The van der Waals surface area contributed by atoms with Crippen molar-refractivity contribution in [2.45, 2.75) is 91.1 Å². The number of hydrogen-bond acceptors (Lipinski definition) is 4. The molecule has 5 heteroatoms. The summed E-state index contributed by atoms with van der Waals surface area (Å²) < 4.78 is 6.10. The first-order valence-corrected chi connectivity index (χ1v) is 8.33. The molecule has 0 aromatic heterocycles. The summed E-state index contributed by atoms with van der Waals surface area (Å²) in [5, 5.41) is 22.3. The zero-order valence-corrected chi connectivity index (χ0v) is 14.0. The highest BCUT2D eigenvalue weighted by Crippen LogP contribution is 2.46. The van der Waals surface area contributed by atoms with Crippen LogP contribution < -0.4 is 0 Å². The van der Waals surface area contributed by atoms with Gasteiger partial charge in [0.25, 0.3) is 0 Å². The van der Waals surface area contributed by atoms with Gasteiger partial charge in [-0.3, -0.25) is 10.1 Å². The fourth-order valence-electron chi connectivity index (χ4n) is 3.70. The molecule has 0 radical (unpaired) electrons. The van der Waals surface area contributed by atoms with Crippen molar-refractivity contribution in [2.75, 3.05) is 0 Å². The minimum atomic E-state index is -0.632. The third-order valence-corrected chi connectivity index (χ3v) is 5.62. The molecule has 0 unspecified atom stereocenters. The SMILES string of the molecule is CCC(CC)O[C@H]1[C@H](C)[C@H]([N+](=O)[O-])CC(CC)(CC)[C@@H]1O. The van der Waals surface area contributed by atoms with Crippen molar-refractivity contribution < 1.29 is 14.8 Å². The Morgan fingerprint density at radius 2 is 1.81 bits per heavy atom. The van der Waals surface area contributed by atoms with Gasteiger partial charge in [-0.25, -0.2) is 0 Å². The van der Waals surface area contributed by atoms with E-state index in [9.17, 15) is 15.2 Å². The van der Waals surface area contributed by atoms with E-state index in [0.29, 0.717) is 6.42 Å². The Morgan fingerprint density at radius 3 is 2.19 bits per heavy atom. The molecule has 1 aliphatic carbocycles. The number of hydrogen-bond donors (Lipinski definition) is 1. The average molecular weight is 301 g/mol. The Labute approximate surface area is 128 Å². The Kier molecular flexibility index (Phi) is 6.60. The second kappa shape index (κ2) is 7.54. The third kappa shape index (κ3) is 3.57. The van der Waals surface area contributed by atoms with Gasteiger partial charge in [0.1, 0.15) is 0 Å². The van der Waals surface area contributed by atoms with Gasteiger partial charge in [-0.2, -0.15) is 0 Å². The van der Waals surface area contributed by atoms with Crippen LogP contribution in [0.2, 0.25) is 0 Å². The summed E-state index contributed by atoms with van der Waals surface area (Å²) in [6, 6.07) is -0.632. The lowest BCUT2D eigenvalue weighted by atomic mass is 9.62. The maximum Gasteiger partial charge on any atom is 0.218 e. The average Bonchev–Trinajstić information content (AvgIpc) is 2.48. The van der Waals surface area contributed by atoms with Crippen LogP contribution in [0.1, 0.15) is 66.7 Å². The molecular formula is C16H31NO4. The number of rotatable bonds is 7. The van der Waals surface area contributed by atoms with Gasteiger partial charge in [-0.05, 0) is 25.7 Å². The van der Waals surface area contributed by atoms with E-state index in [2.05, 4.69) is 0 Å². The number of aliphatic hydroxyl groups is 1. The minimum absolute atomic E-state index is 0.0593. The number of ether oxygens (including phenoxy) is 1. The molecule has 1 N–H and O–H groups in total. The fourth-order valence-corrected chi connectivity index (χ4v) is 3.70. The van der Waals surface area contributed by atoms with Gasteiger partial charge in [0, 0.05) is 16.8 Å². The topological polar surface area (TPSA) is 72.6 Å². The molecule has 1 rings (SSSR count). The Bertz CT molecular complexity index is 339. The maximum absolute atomic E-state index is 11.4. The highest BCUT2D eigenvalue weighted by Gasteiger charge is 2.54. The van der Waals surface area contributed by atoms with Crippen molar-refractivity contribution in [1.82, 2.24) is 0 Å². The molecule has 0 aliphatic heterocycles. The van der Waals surface area contributed by atoms with E-state index in [1.165, 1.54) is 0 Å². The molecule has 0 aromatic carbocycles. The quantitative estimate of drug-likeness (QED) is 0.577. The first-order valence-electron chi connectivity index (χ1n) is 8.33. The van der Waals surface area contributed by atoms with Gasteiger partial charge >= 0.3 is 0 Å². The summed E-state index contributed by atoms with van der Waals surface area (Å²) in [5.74, 6) is -0.262. The van der Waals surface area contributed by atoms with Gasteiger partial charge in [-0.15, -0.1) is 0 Å². The molecule has 4 atom stereocenters. The summed E-state index contributed by atoms with van der Waals surface area (Å²) in [4.78, 5) is 11.2. The second-order valence-electron chi connectivity index (χ2n) is 6.47. The lowest BCUT2D eigenvalue weighted by Crippen LogP contribution is -2.58. The van der Waals surface area contributed by atoms with Crippen molar-refractivity contribution in [3.8, 4) is 0 Å². The molecule has 1 saturated carbocycles. The number of nitrogens with zero attached hydrogens (tertiary/aromatic N) is 1. The summed E-state index contributed by atoms with van der Waals surface area (Å²) in [7, 11) is 0. The molecule has 5 nitrogen and oxygen atoms in total. The van der Waals surface area contributed by atoms with Crippen molar-refractivity contribution in [3.05, 3.63) is 10.1 Å². The van der Waals surface area contributed by atoms with Crippen molar-refractivity contribution in [3.63, 3.8) is 0 Å². The second-order valence-corrected chi connectivity index (χ2v) is 6.47. The highest BCUT2D eigenvalue weighted by atomic mass is 16.6. The van der Waals surface area contributed by atoms with Crippen LogP contribution in [0.3, 0.4) is 0 Å². The van der Waals surface area contributed by atoms with Crippen LogP contribution in [0.25, 0.3) is 0 Å². The fraction of sp³-hybridized carbons (Fsp3) is 1.00. The predicted octanol–water partition coefficient (Wildman–Crippen LogP) is 3.41. The zero-order chi connectivity index (χ0) is 16.2. The lowest BCUT2D eigenvalue weighted by Gasteiger charge is -2.48. The summed E-state index contributed by atoms with van der Waals surface area (Å²) in [6.07, 6.45) is 2.64.